The molecule has 0 aromatic heterocycles. The lowest BCUT2D eigenvalue weighted by Gasteiger charge is -2.24. The molecular weight excluding hydrogens is 534 g/mol. The number of sulfone groups is 1. The molecule has 3 aromatic rings. The summed E-state index contributed by atoms with van der Waals surface area (Å²) in [7, 11) is -3.80. The summed E-state index contributed by atoms with van der Waals surface area (Å²) in [5, 5.41) is 8.98. The van der Waals surface area contributed by atoms with E-state index >= 15 is 0 Å². The van der Waals surface area contributed by atoms with E-state index in [1.807, 2.05) is 35.2 Å². The maximum Gasteiger partial charge on any atom is 0.417 e. The summed E-state index contributed by atoms with van der Waals surface area (Å²) in [6, 6.07) is 15.3. The predicted molar refractivity (Wildman–Crippen MR) is 133 cm³/mol. The Bertz CT molecular complexity index is 1320. The van der Waals surface area contributed by atoms with E-state index in [-0.39, 0.29) is 34.4 Å². The van der Waals surface area contributed by atoms with E-state index in [1.54, 1.807) is 6.07 Å². The molecule has 0 heterocycles. The highest BCUT2D eigenvalue weighted by Crippen LogP contribution is 2.36. The van der Waals surface area contributed by atoms with Crippen LogP contribution >= 0.6 is 11.6 Å². The summed E-state index contributed by atoms with van der Waals surface area (Å²) in [5.41, 5.74) is 0.0466. The Morgan fingerprint density at radius 2 is 1.73 bits per heavy atom. The minimum Gasteiger partial charge on any atom is -0.493 e. The molecule has 0 spiro atoms. The summed E-state index contributed by atoms with van der Waals surface area (Å²) >= 11 is 6.10. The molecular formula is C26H26ClF4NO4S. The van der Waals surface area contributed by atoms with Crippen LogP contribution in [0.1, 0.15) is 28.7 Å². The third-order valence-corrected chi connectivity index (χ3v) is 7.21. The van der Waals surface area contributed by atoms with Crippen LogP contribution in [0.3, 0.4) is 0 Å². The fraction of sp³-hybridized carbons (Fsp3) is 0.308. The molecule has 0 aliphatic rings. The number of ether oxygens (including phenoxy) is 1. The Morgan fingerprint density at radius 3 is 2.35 bits per heavy atom. The topological polar surface area (TPSA) is 66.8 Å². The van der Waals surface area contributed by atoms with Gasteiger partial charge in [-0.1, -0.05) is 54.1 Å². The van der Waals surface area contributed by atoms with Crippen molar-refractivity contribution in [1.82, 2.24) is 4.90 Å². The van der Waals surface area contributed by atoms with E-state index in [2.05, 4.69) is 0 Å². The Balaban J connectivity index is 1.73. The SMILES string of the molecule is CS(=O)(=O)c1cc(OCCCN(Cc2ccccc2)Cc2cccc(C(F)(F)F)c2Cl)cc(F)c1CO. The van der Waals surface area contributed by atoms with Crippen LogP contribution in [0, 0.1) is 5.82 Å². The van der Waals surface area contributed by atoms with Gasteiger partial charge in [-0.25, -0.2) is 12.8 Å². The highest BCUT2D eigenvalue weighted by atomic mass is 35.5. The molecule has 0 bridgehead atoms. The maximum atomic E-state index is 14.3. The van der Waals surface area contributed by atoms with E-state index in [9.17, 15) is 31.1 Å². The van der Waals surface area contributed by atoms with E-state index in [4.69, 9.17) is 16.3 Å². The van der Waals surface area contributed by atoms with Gasteiger partial charge in [0.2, 0.25) is 0 Å². The van der Waals surface area contributed by atoms with Gasteiger partial charge < -0.3 is 9.84 Å². The average Bonchev–Trinajstić information content (AvgIpc) is 2.82. The van der Waals surface area contributed by atoms with E-state index in [0.29, 0.717) is 25.1 Å². The van der Waals surface area contributed by atoms with Crippen molar-refractivity contribution in [2.45, 2.75) is 37.2 Å². The van der Waals surface area contributed by atoms with Gasteiger partial charge in [-0.05, 0) is 29.7 Å². The van der Waals surface area contributed by atoms with Crippen LogP contribution in [0.5, 0.6) is 5.75 Å². The number of aliphatic hydroxyl groups excluding tert-OH is 1. The van der Waals surface area contributed by atoms with Crippen molar-refractivity contribution in [3.8, 4) is 5.75 Å². The molecule has 0 unspecified atom stereocenters. The van der Waals surface area contributed by atoms with Gasteiger partial charge in [0.25, 0.3) is 0 Å². The molecule has 1 N–H and O–H groups in total. The van der Waals surface area contributed by atoms with Crippen molar-refractivity contribution in [3.63, 3.8) is 0 Å². The molecule has 0 radical (unpaired) electrons. The minimum absolute atomic E-state index is 0.00865. The van der Waals surface area contributed by atoms with Crippen LogP contribution in [0.15, 0.2) is 65.6 Å². The van der Waals surface area contributed by atoms with Gasteiger partial charge in [-0.2, -0.15) is 13.2 Å². The fourth-order valence-corrected chi connectivity index (χ4v) is 5.08. The van der Waals surface area contributed by atoms with Crippen LogP contribution in [-0.2, 0) is 35.7 Å². The smallest absolute Gasteiger partial charge is 0.417 e. The van der Waals surface area contributed by atoms with Gasteiger partial charge in [-0.3, -0.25) is 4.90 Å². The number of rotatable bonds is 11. The maximum absolute atomic E-state index is 14.3. The molecule has 0 aliphatic carbocycles. The van der Waals surface area contributed by atoms with Crippen LogP contribution in [0.25, 0.3) is 0 Å². The largest absolute Gasteiger partial charge is 0.493 e. The summed E-state index contributed by atoms with van der Waals surface area (Å²) in [5.74, 6) is -0.907. The minimum atomic E-state index is -4.57. The molecule has 3 rings (SSSR count). The zero-order valence-corrected chi connectivity index (χ0v) is 21.5. The molecule has 0 atom stereocenters. The van der Waals surface area contributed by atoms with Gasteiger partial charge in [0.05, 0.1) is 28.7 Å². The first-order valence-electron chi connectivity index (χ1n) is 11.3. The lowest BCUT2D eigenvalue weighted by atomic mass is 10.1. The third kappa shape index (κ3) is 7.91. The van der Waals surface area contributed by atoms with Crippen molar-refractivity contribution in [2.75, 3.05) is 19.4 Å². The van der Waals surface area contributed by atoms with Crippen LogP contribution in [0.2, 0.25) is 5.02 Å². The first-order valence-corrected chi connectivity index (χ1v) is 13.5. The second-order valence-electron chi connectivity index (χ2n) is 8.49. The number of alkyl halides is 3. The molecule has 0 fully saturated rings. The van der Waals surface area contributed by atoms with E-state index in [0.717, 1.165) is 30.0 Å². The van der Waals surface area contributed by atoms with Gasteiger partial charge in [0, 0.05) is 37.5 Å². The van der Waals surface area contributed by atoms with Crippen LogP contribution < -0.4 is 4.74 Å². The summed E-state index contributed by atoms with van der Waals surface area (Å²) in [6.07, 6.45) is -3.26. The standard InChI is InChI=1S/C26H26ClF4NO4S/c1-37(34,35)24-14-20(13-23(28)21(24)17-33)36-12-6-11-32(15-18-7-3-2-4-8-18)16-19-9-5-10-22(25(19)27)26(29,30)31/h2-5,7-10,13-14,33H,6,11-12,15-17H2,1H3. The molecule has 37 heavy (non-hydrogen) atoms. The first-order chi connectivity index (χ1) is 17.4. The molecule has 0 aliphatic heterocycles. The number of nitrogens with zero attached hydrogens (tertiary/aromatic N) is 1. The third-order valence-electron chi connectivity index (χ3n) is 5.60. The molecule has 5 nitrogen and oxygen atoms in total. The fourth-order valence-electron chi connectivity index (χ4n) is 3.85. The van der Waals surface area contributed by atoms with Gasteiger partial charge in [0.15, 0.2) is 9.84 Å². The zero-order chi connectivity index (χ0) is 27.2. The highest BCUT2D eigenvalue weighted by Gasteiger charge is 2.34. The normalized spacial score (nSPS) is 12.2. The van der Waals surface area contributed by atoms with Crippen molar-refractivity contribution in [3.05, 3.63) is 93.8 Å². The molecule has 11 heteroatoms. The molecule has 0 amide bonds. The summed E-state index contributed by atoms with van der Waals surface area (Å²) < 4.78 is 83.8. The number of hydrogen-bond donors (Lipinski definition) is 1. The van der Waals surface area contributed by atoms with Crippen LogP contribution in [-0.4, -0.2) is 37.8 Å². The molecule has 0 saturated heterocycles. The number of aliphatic hydroxyl groups is 1. The monoisotopic (exact) mass is 559 g/mol. The molecule has 200 valence electrons. The lowest BCUT2D eigenvalue weighted by Crippen LogP contribution is -2.25. The number of halogens is 5. The van der Waals surface area contributed by atoms with E-state index < -0.39 is 34.0 Å². The number of hydrogen-bond acceptors (Lipinski definition) is 5. The van der Waals surface area contributed by atoms with Crippen LogP contribution in [0.4, 0.5) is 17.6 Å². The van der Waals surface area contributed by atoms with Gasteiger partial charge in [-0.15, -0.1) is 0 Å². The number of benzene rings is 3. The Labute approximate surface area is 218 Å². The second kappa shape index (κ2) is 12.3. The quantitative estimate of drug-likeness (QED) is 0.235. The first kappa shape index (κ1) is 28.9. The molecule has 0 saturated carbocycles. The summed E-state index contributed by atoms with van der Waals surface area (Å²) in [4.78, 5) is 1.56. The Kier molecular flexibility index (Phi) is 9.57. The second-order valence-corrected chi connectivity index (χ2v) is 10.8. The predicted octanol–water partition coefficient (Wildman–Crippen LogP) is 5.87. The zero-order valence-electron chi connectivity index (χ0n) is 19.9. The highest BCUT2D eigenvalue weighted by molar-refractivity contribution is 7.90. The van der Waals surface area contributed by atoms with Crippen molar-refractivity contribution < 1.29 is 35.8 Å². The summed E-state index contributed by atoms with van der Waals surface area (Å²) in [6.45, 7) is 0.294. The molecule has 3 aromatic carbocycles. The van der Waals surface area contributed by atoms with Gasteiger partial charge in [0.1, 0.15) is 11.6 Å². The Morgan fingerprint density at radius 1 is 1.03 bits per heavy atom. The lowest BCUT2D eigenvalue weighted by molar-refractivity contribution is -0.137. The average molecular weight is 560 g/mol. The van der Waals surface area contributed by atoms with Gasteiger partial charge >= 0.3 is 6.18 Å². The van der Waals surface area contributed by atoms with Crippen molar-refractivity contribution >= 4 is 21.4 Å². The van der Waals surface area contributed by atoms with Crippen molar-refractivity contribution in [1.29, 1.82) is 0 Å². The van der Waals surface area contributed by atoms with E-state index in [1.165, 1.54) is 6.07 Å². The van der Waals surface area contributed by atoms with Crippen molar-refractivity contribution in [2.24, 2.45) is 0 Å². The Hall–Kier alpha value is -2.66.